The fourth-order valence-electron chi connectivity index (χ4n) is 13.3. The van der Waals surface area contributed by atoms with Crippen molar-refractivity contribution in [2.45, 2.75) is 27.7 Å². The molecule has 0 atom stereocenters. The Morgan fingerprint density at radius 2 is 0.540 bits per heavy atom. The van der Waals surface area contributed by atoms with Gasteiger partial charge in [0.15, 0.2) is 11.6 Å². The van der Waals surface area contributed by atoms with E-state index in [1.807, 2.05) is 373 Å². The zero-order chi connectivity index (χ0) is 102. The van der Waals surface area contributed by atoms with Gasteiger partial charge in [-0.2, -0.15) is 51.7 Å². The van der Waals surface area contributed by atoms with E-state index in [4.69, 9.17) is 0 Å². The molecule has 13 heterocycles. The molecule has 22 rings (SSSR count). The van der Waals surface area contributed by atoms with Crippen LogP contribution >= 0.6 is 0 Å². The van der Waals surface area contributed by atoms with Gasteiger partial charge in [0.05, 0.1) is 51.9 Å². The number of hydrogen-bond donors (Lipinski definition) is 2. The molecule has 778 valence electrons. The maximum Gasteiger partial charge on any atom is 0.163 e. The van der Waals surface area contributed by atoms with Gasteiger partial charge in [0.2, 0.25) is 0 Å². The summed E-state index contributed by atoms with van der Waals surface area (Å²) in [6, 6.07) is 111. The van der Waals surface area contributed by atoms with Gasteiger partial charge in [-0.05, 0) is 82.1 Å². The fraction of sp³-hybridized carbons (Fsp3) is 0.104. The van der Waals surface area contributed by atoms with Crippen LogP contribution in [-0.4, -0.2) is 143 Å². The maximum absolute atomic E-state index is 11.2. The first-order valence-corrected chi connectivity index (χ1v) is 44.9. The van der Waals surface area contributed by atoms with Crippen molar-refractivity contribution in [1.29, 1.82) is 0 Å². The average Bonchev–Trinajstić information content (AvgIpc) is 1.76. The number of Topliss-reactive ketones (excluding diaryl/α,β-unsaturated/α-hetero) is 2. The number of aryl methyl sites for hydroxylation is 8. The number of aromatic nitrogens is 25. The van der Waals surface area contributed by atoms with Gasteiger partial charge >= 0.3 is 0 Å². The number of aliphatic hydroxyl groups excluding tert-OH is 2. The SMILES string of the molecule is CC(=O)C(=C(C)O)c1ccccc1.CC(=O)C(=C(C)O)c1ccncc1.Cn1ccnc1-c1[c-]cccc1.Cn1ccnc1-c1[c-]cccc1.Cn1ccnc1-c1[c-]cccc1.Cn1ccnc1-c1[c-]cccc1.Cn1ccnc1-c1[c-]cccc1.Cn1ccnc1-c1[c-]cccc1.Cn1ccnc1-c1[c-]cncc1.Cn1cnnc1-c1[c-]cccc1.[Ir].[Ir].[Ir].[Ir].[Ir].[Ir].[c-]1ccccc1-n1cncn1.[c-]1cnccc1-n1cccn1. The number of benzene rings is 9. The number of para-hydroxylation sites is 1. The van der Waals surface area contributed by atoms with Crippen LogP contribution in [0.1, 0.15) is 38.8 Å². The quantitative estimate of drug-likeness (QED) is 0.0580. The van der Waals surface area contributed by atoms with Crippen molar-refractivity contribution in [1.82, 2.24) is 121 Å². The molecule has 0 saturated heterocycles. The van der Waals surface area contributed by atoms with Crippen LogP contribution in [0.3, 0.4) is 0 Å². The van der Waals surface area contributed by atoms with Gasteiger partial charge in [-0.3, -0.25) is 54.1 Å². The number of nitrogens with zero attached hydrogens (tertiary/aromatic N) is 25. The van der Waals surface area contributed by atoms with E-state index in [2.05, 4.69) is 136 Å². The normalized spacial score (nSPS) is 10.0. The molecule has 0 bridgehead atoms. The van der Waals surface area contributed by atoms with E-state index in [0.717, 1.165) is 108 Å². The van der Waals surface area contributed by atoms with Gasteiger partial charge in [-0.15, -0.1) is 280 Å². The Balaban J connectivity index is 0.000000286. The summed E-state index contributed by atoms with van der Waals surface area (Å²) in [5, 5.41) is 34.3. The van der Waals surface area contributed by atoms with Crippen molar-refractivity contribution in [3.63, 3.8) is 0 Å². The third-order valence-corrected chi connectivity index (χ3v) is 20.1. The van der Waals surface area contributed by atoms with Crippen LogP contribution in [0.4, 0.5) is 0 Å². The molecule has 0 saturated carbocycles. The molecule has 0 amide bonds. The summed E-state index contributed by atoms with van der Waals surface area (Å²) in [7, 11) is 15.7. The molecule has 13 aromatic heterocycles. The van der Waals surface area contributed by atoms with Crippen LogP contribution < -0.4 is 0 Å². The summed E-state index contributed by atoms with van der Waals surface area (Å²) in [4.78, 5) is 67.2. The number of ketones is 2. The Kier molecular flexibility index (Phi) is 57.6. The Labute approximate surface area is 955 Å². The minimum absolute atomic E-state index is 0. The third-order valence-electron chi connectivity index (χ3n) is 20.1. The maximum atomic E-state index is 11.2. The molecule has 0 aliphatic heterocycles. The van der Waals surface area contributed by atoms with E-state index in [-0.39, 0.29) is 144 Å². The van der Waals surface area contributed by atoms with E-state index >= 15 is 0 Å². The summed E-state index contributed by atoms with van der Waals surface area (Å²) in [5.41, 5.74) is 12.1. The van der Waals surface area contributed by atoms with Crippen molar-refractivity contribution in [2.75, 3.05) is 0 Å². The number of allylic oxidation sites excluding steroid dienone is 4. The van der Waals surface area contributed by atoms with Crippen LogP contribution in [-0.2, 0) is 187 Å². The number of carbonyl (C=O) groups excluding carboxylic acids is 2. The molecule has 0 aliphatic carbocycles. The minimum atomic E-state index is -0.147. The molecule has 29 nitrogen and oxygen atoms in total. The average molecular weight is 3050 g/mol. The second-order valence-electron chi connectivity index (χ2n) is 30.7. The smallest absolute Gasteiger partial charge is 0.163 e. The van der Waals surface area contributed by atoms with Crippen molar-refractivity contribution in [3.05, 3.63) is 493 Å². The molecule has 150 heavy (non-hydrogen) atoms. The van der Waals surface area contributed by atoms with Crippen molar-refractivity contribution >= 4 is 22.7 Å². The Morgan fingerprint density at radius 1 is 0.247 bits per heavy atom. The van der Waals surface area contributed by atoms with Crippen molar-refractivity contribution in [2.24, 2.45) is 56.4 Å². The summed E-state index contributed by atoms with van der Waals surface area (Å²) < 4.78 is 19.1. The number of hydrogen-bond acceptors (Lipinski definition) is 19. The molecule has 9 aromatic carbocycles. The molecule has 0 fully saturated rings. The molecule has 22 aromatic rings. The van der Waals surface area contributed by atoms with Gasteiger partial charge < -0.3 is 56.7 Å². The minimum Gasteiger partial charge on any atom is -0.512 e. The first-order chi connectivity index (χ1) is 70.2. The number of imidazole rings is 7. The van der Waals surface area contributed by atoms with Gasteiger partial charge in [-0.1, -0.05) is 42.7 Å². The summed E-state index contributed by atoms with van der Waals surface area (Å²) in [6.45, 7) is 5.89. The molecule has 6 radical (unpaired) electrons. The first-order valence-electron chi connectivity index (χ1n) is 44.9. The zero-order valence-corrected chi connectivity index (χ0v) is 97.9. The third kappa shape index (κ3) is 40.4. The molecule has 0 unspecified atom stereocenters. The summed E-state index contributed by atoms with van der Waals surface area (Å²) in [6.07, 6.45) is 44.3. The topological polar surface area (TPSA) is 317 Å². The monoisotopic (exact) mass is 3060 g/mol. The second kappa shape index (κ2) is 69.0. The number of rotatable bonds is 14. The first kappa shape index (κ1) is 125. The van der Waals surface area contributed by atoms with Crippen LogP contribution in [0.5, 0.6) is 0 Å². The van der Waals surface area contributed by atoms with Crippen LogP contribution in [0.2, 0.25) is 0 Å². The van der Waals surface area contributed by atoms with E-state index in [1.165, 1.54) is 34.0 Å². The zero-order valence-electron chi connectivity index (χ0n) is 83.6. The second-order valence-corrected chi connectivity index (χ2v) is 30.7. The van der Waals surface area contributed by atoms with Crippen molar-refractivity contribution < 1.29 is 140 Å². The fourth-order valence-corrected chi connectivity index (χ4v) is 13.3. The van der Waals surface area contributed by atoms with Crippen LogP contribution in [0.25, 0.3) is 114 Å². The van der Waals surface area contributed by atoms with E-state index in [9.17, 15) is 19.8 Å². The standard InChI is InChI=1S/C11H12O2.6C10H9N2.C10H11NO2.2C9H8N3.2C8H6N3.6Ir/c1-8(12)11(9(2)13)10-6-4-3-5-7-10;6*1-12-8-7-11-10(12)9-5-3-2-4-6-9;1-7(12)10(8(2)13)9-3-5-11-6-4-9;1-12-7-6-11-9(12)8-2-4-10-5-3-8;1-12-7-10-11-9(12)8-5-3-2-4-6-8;1-4-10-11(7-1)8-2-5-9-6-3-8;1-2-4-8(5-3-1)11-7-9-6-10-11;;;;;;/h3-7,12H,1-2H3;6*2-5,7-8H,1H3;3-6,12H,1-2H3;2,4-7H,1H3;2-5,7H,1H3;1-2,4-7H;1-4,6-7H;;;;;;/q;6*-1;;4*-1;;;;;;. The van der Waals surface area contributed by atoms with E-state index in [1.54, 1.807) is 133 Å². The summed E-state index contributed by atoms with van der Waals surface area (Å²) >= 11 is 0. The molecule has 0 spiro atoms. The number of pyridine rings is 3. The molecule has 0 aliphatic rings. The Morgan fingerprint density at radius 3 is 0.780 bits per heavy atom. The van der Waals surface area contributed by atoms with Gasteiger partial charge in [0.1, 0.15) is 30.5 Å². The van der Waals surface area contributed by atoms with Gasteiger partial charge in [-0.25, -0.2) is 15.7 Å². The number of aliphatic hydroxyl groups is 2. The predicted molar refractivity (Wildman–Crippen MR) is 558 cm³/mol. The number of carbonyl (C=O) groups is 2. The van der Waals surface area contributed by atoms with Gasteiger partial charge in [0.25, 0.3) is 0 Å². The van der Waals surface area contributed by atoms with E-state index in [0.29, 0.717) is 16.7 Å². The molecule has 35 heteroatoms. The Bertz CT molecular complexity index is 6380. The molecule has 2 N–H and O–H groups in total. The van der Waals surface area contributed by atoms with Crippen LogP contribution in [0.15, 0.2) is 422 Å². The molecular formula is C115H105Ir6N25O4-10. The largest absolute Gasteiger partial charge is 0.512 e. The Hall–Kier alpha value is -15.3. The van der Waals surface area contributed by atoms with Crippen LogP contribution in [0, 0.1) is 60.7 Å². The van der Waals surface area contributed by atoms with Crippen molar-refractivity contribution in [3.8, 4) is 102 Å². The van der Waals surface area contributed by atoms with Gasteiger partial charge in [0, 0.05) is 287 Å². The molecular weight excluding hydrogens is 2950 g/mol. The van der Waals surface area contributed by atoms with E-state index < -0.39 is 0 Å². The predicted octanol–water partition coefficient (Wildman–Crippen LogP) is 20.5. The summed E-state index contributed by atoms with van der Waals surface area (Å²) in [5.74, 6) is 7.33.